The van der Waals surface area contributed by atoms with Crippen molar-refractivity contribution in [1.29, 1.82) is 0 Å². The zero-order valence-corrected chi connectivity index (χ0v) is 16.5. The minimum absolute atomic E-state index is 0.0738. The fourth-order valence-corrected chi connectivity index (χ4v) is 3.12. The van der Waals surface area contributed by atoms with Gasteiger partial charge in [0.05, 0.1) is 19.9 Å². The van der Waals surface area contributed by atoms with Gasteiger partial charge in [-0.2, -0.15) is 0 Å². The first kappa shape index (κ1) is 19.5. The van der Waals surface area contributed by atoms with Crippen LogP contribution < -0.4 is 15.4 Å². The van der Waals surface area contributed by atoms with Crippen LogP contribution in [0.2, 0.25) is 0 Å². The zero-order valence-electron chi connectivity index (χ0n) is 16.5. The summed E-state index contributed by atoms with van der Waals surface area (Å²) < 4.78 is 12.3. The molecule has 148 valence electrons. The highest BCUT2D eigenvalue weighted by molar-refractivity contribution is 6.01. The van der Waals surface area contributed by atoms with Crippen LogP contribution in [0.3, 0.4) is 0 Å². The second-order valence-corrected chi connectivity index (χ2v) is 7.01. The Labute approximate surface area is 163 Å². The van der Waals surface area contributed by atoms with Crippen LogP contribution in [0.15, 0.2) is 47.1 Å². The van der Waals surface area contributed by atoms with Crippen molar-refractivity contribution < 1.29 is 18.7 Å². The maximum Gasteiger partial charge on any atom is 0.268 e. The molecule has 1 unspecified atom stereocenters. The number of carbonyl (C=O) groups is 2. The monoisotopic (exact) mass is 383 g/mol. The molecule has 3 aromatic rings. The van der Waals surface area contributed by atoms with E-state index in [4.69, 9.17) is 9.15 Å². The molecule has 0 aliphatic heterocycles. The van der Waals surface area contributed by atoms with E-state index in [2.05, 4.69) is 10.6 Å². The Morgan fingerprint density at radius 3 is 2.64 bits per heavy atom. The molecule has 0 saturated heterocycles. The molecule has 0 aliphatic carbocycles. The molecule has 3 rings (SSSR count). The number of methoxy groups -OCH3 is 1. The van der Waals surface area contributed by atoms with Crippen LogP contribution in [-0.2, 0) is 18.4 Å². The summed E-state index contributed by atoms with van der Waals surface area (Å²) in [6.45, 7) is 4.06. The van der Waals surface area contributed by atoms with Crippen molar-refractivity contribution in [3.8, 4) is 5.75 Å². The van der Waals surface area contributed by atoms with Gasteiger partial charge in [-0.05, 0) is 42.3 Å². The molecule has 1 aromatic carbocycles. The Hall–Kier alpha value is -3.22. The van der Waals surface area contributed by atoms with E-state index in [1.165, 1.54) is 0 Å². The minimum atomic E-state index is -0.657. The Morgan fingerprint density at radius 1 is 1.21 bits per heavy atom. The molecule has 7 nitrogen and oxygen atoms in total. The van der Waals surface area contributed by atoms with Gasteiger partial charge in [-0.1, -0.05) is 13.8 Å². The van der Waals surface area contributed by atoms with Crippen molar-refractivity contribution in [2.24, 2.45) is 13.0 Å². The number of nitrogens with one attached hydrogen (secondary N) is 2. The Morgan fingerprint density at radius 2 is 2.00 bits per heavy atom. The Balaban J connectivity index is 1.75. The zero-order chi connectivity index (χ0) is 20.3. The van der Waals surface area contributed by atoms with E-state index in [1.54, 1.807) is 31.6 Å². The van der Waals surface area contributed by atoms with Crippen LogP contribution in [0.25, 0.3) is 10.9 Å². The highest BCUT2D eigenvalue weighted by Crippen LogP contribution is 2.24. The normalized spacial score (nSPS) is 12.2. The van der Waals surface area contributed by atoms with Gasteiger partial charge in [0.25, 0.3) is 5.91 Å². The molecule has 0 fully saturated rings. The number of ether oxygens (including phenoxy) is 1. The average Bonchev–Trinajstić information content (AvgIpc) is 3.31. The number of nitrogens with zero attached hydrogens (tertiary/aromatic N) is 1. The summed E-state index contributed by atoms with van der Waals surface area (Å²) in [5.41, 5.74) is 1.39. The van der Waals surface area contributed by atoms with E-state index in [-0.39, 0.29) is 24.3 Å². The van der Waals surface area contributed by atoms with Crippen LogP contribution in [0.5, 0.6) is 5.75 Å². The molecule has 0 spiro atoms. The Kier molecular flexibility index (Phi) is 5.73. The van der Waals surface area contributed by atoms with Gasteiger partial charge in [0.2, 0.25) is 5.91 Å². The molecule has 2 aromatic heterocycles. The number of hydrogen-bond acceptors (Lipinski definition) is 4. The molecule has 2 N–H and O–H groups in total. The summed E-state index contributed by atoms with van der Waals surface area (Å²) in [5.74, 6) is 0.757. The number of fused-ring (bicyclic) bond motifs is 1. The van der Waals surface area contributed by atoms with Crippen LogP contribution in [0, 0.1) is 5.92 Å². The summed E-state index contributed by atoms with van der Waals surface area (Å²) in [4.78, 5) is 25.5. The first-order valence-corrected chi connectivity index (χ1v) is 9.15. The molecule has 0 saturated carbocycles. The third-order valence-electron chi connectivity index (χ3n) is 4.73. The van der Waals surface area contributed by atoms with Crippen LogP contribution in [0.4, 0.5) is 0 Å². The van der Waals surface area contributed by atoms with Gasteiger partial charge in [0.1, 0.15) is 23.2 Å². The molecule has 2 amide bonds. The number of amides is 2. The van der Waals surface area contributed by atoms with Gasteiger partial charge >= 0.3 is 0 Å². The molecule has 2 heterocycles. The molecule has 1 atom stereocenters. The molecule has 0 bridgehead atoms. The number of rotatable bonds is 7. The molecule has 7 heteroatoms. The highest BCUT2D eigenvalue weighted by Gasteiger charge is 2.26. The van der Waals surface area contributed by atoms with Crippen LogP contribution in [-0.4, -0.2) is 29.5 Å². The van der Waals surface area contributed by atoms with Crippen molar-refractivity contribution in [1.82, 2.24) is 15.2 Å². The third-order valence-corrected chi connectivity index (χ3v) is 4.73. The van der Waals surface area contributed by atoms with E-state index in [0.717, 1.165) is 16.7 Å². The smallest absolute Gasteiger partial charge is 0.268 e. The number of benzene rings is 1. The van der Waals surface area contributed by atoms with E-state index in [9.17, 15) is 9.59 Å². The summed E-state index contributed by atoms with van der Waals surface area (Å²) in [6, 6.07) is 10.3. The third kappa shape index (κ3) is 4.03. The molecule has 28 heavy (non-hydrogen) atoms. The van der Waals surface area contributed by atoms with E-state index < -0.39 is 6.04 Å². The van der Waals surface area contributed by atoms with Gasteiger partial charge in [0, 0.05) is 18.0 Å². The largest absolute Gasteiger partial charge is 0.497 e. The quantitative estimate of drug-likeness (QED) is 0.657. The number of furan rings is 1. The van der Waals surface area contributed by atoms with E-state index in [1.807, 2.05) is 43.7 Å². The lowest BCUT2D eigenvalue weighted by molar-refractivity contribution is -0.124. The van der Waals surface area contributed by atoms with Gasteiger partial charge in [-0.3, -0.25) is 9.59 Å². The minimum Gasteiger partial charge on any atom is -0.497 e. The summed E-state index contributed by atoms with van der Waals surface area (Å²) in [7, 11) is 3.43. The maximum absolute atomic E-state index is 12.9. The van der Waals surface area contributed by atoms with Gasteiger partial charge in [0.15, 0.2) is 0 Å². The second-order valence-electron chi connectivity index (χ2n) is 7.01. The summed E-state index contributed by atoms with van der Waals surface area (Å²) in [5, 5.41) is 6.57. The van der Waals surface area contributed by atoms with Gasteiger partial charge < -0.3 is 24.4 Å². The predicted octanol–water partition coefficient (Wildman–Crippen LogP) is 2.85. The topological polar surface area (TPSA) is 85.5 Å². The lowest BCUT2D eigenvalue weighted by Gasteiger charge is -2.21. The molecule has 0 aliphatic rings. The SMILES string of the molecule is COc1ccc2c(c1)cc(C(=O)NC(C(=O)NCc1ccco1)C(C)C)n2C. The first-order valence-electron chi connectivity index (χ1n) is 9.15. The number of aryl methyl sites for hydroxylation is 1. The standard InChI is InChI=1S/C21H25N3O4/c1-13(2)19(21(26)22-12-16-6-5-9-28-16)23-20(25)18-11-14-10-15(27-4)7-8-17(14)24(18)3/h5-11,13,19H,12H2,1-4H3,(H,22,26)(H,23,25). The lowest BCUT2D eigenvalue weighted by Crippen LogP contribution is -2.49. The molecular weight excluding hydrogens is 358 g/mol. The Bertz CT molecular complexity index is 973. The van der Waals surface area contributed by atoms with Crippen molar-refractivity contribution in [2.45, 2.75) is 26.4 Å². The second kappa shape index (κ2) is 8.21. The van der Waals surface area contributed by atoms with Crippen molar-refractivity contribution >= 4 is 22.7 Å². The fraction of sp³-hybridized carbons (Fsp3) is 0.333. The number of carbonyl (C=O) groups excluding carboxylic acids is 2. The molecular formula is C21H25N3O4. The number of hydrogen-bond donors (Lipinski definition) is 2. The van der Waals surface area contributed by atoms with Crippen molar-refractivity contribution in [3.05, 3.63) is 54.1 Å². The predicted molar refractivity (Wildman–Crippen MR) is 106 cm³/mol. The maximum atomic E-state index is 12.9. The van der Waals surface area contributed by atoms with Crippen molar-refractivity contribution in [2.75, 3.05) is 7.11 Å². The van der Waals surface area contributed by atoms with Crippen molar-refractivity contribution in [3.63, 3.8) is 0 Å². The molecule has 0 radical (unpaired) electrons. The van der Waals surface area contributed by atoms with E-state index in [0.29, 0.717) is 11.5 Å². The first-order chi connectivity index (χ1) is 13.4. The van der Waals surface area contributed by atoms with Crippen LogP contribution in [0.1, 0.15) is 30.1 Å². The van der Waals surface area contributed by atoms with E-state index >= 15 is 0 Å². The lowest BCUT2D eigenvalue weighted by atomic mass is 10.0. The fourth-order valence-electron chi connectivity index (χ4n) is 3.12. The van der Waals surface area contributed by atoms with Gasteiger partial charge in [-0.25, -0.2) is 0 Å². The number of aromatic nitrogens is 1. The van der Waals surface area contributed by atoms with Crippen LogP contribution >= 0.6 is 0 Å². The average molecular weight is 383 g/mol. The highest BCUT2D eigenvalue weighted by atomic mass is 16.5. The summed E-state index contributed by atoms with van der Waals surface area (Å²) in [6.07, 6.45) is 1.55. The van der Waals surface area contributed by atoms with Gasteiger partial charge in [-0.15, -0.1) is 0 Å². The summed E-state index contributed by atoms with van der Waals surface area (Å²) >= 11 is 0.